The summed E-state index contributed by atoms with van der Waals surface area (Å²) in [5.41, 5.74) is 4.91. The second-order valence-corrected chi connectivity index (χ2v) is 5.82. The summed E-state index contributed by atoms with van der Waals surface area (Å²) in [5.74, 6) is 1.05. The number of alkyl halides is 3. The number of nitrogen functional groups attached to an aromatic ring is 1. The normalized spacial score (nSPS) is 27.4. The van der Waals surface area contributed by atoms with Crippen LogP contribution >= 0.6 is 0 Å². The Kier molecular flexibility index (Phi) is 4.16. The van der Waals surface area contributed by atoms with E-state index in [4.69, 9.17) is 5.73 Å². The average Bonchev–Trinajstić information content (AvgIpc) is 2.36. The molecule has 1 aliphatic rings. The molecule has 0 bridgehead atoms. The first-order valence-electron chi connectivity index (χ1n) is 7.02. The van der Waals surface area contributed by atoms with Gasteiger partial charge in [0.2, 0.25) is 0 Å². The van der Waals surface area contributed by atoms with Gasteiger partial charge in [-0.25, -0.2) is 0 Å². The predicted molar refractivity (Wildman–Crippen MR) is 75.4 cm³/mol. The van der Waals surface area contributed by atoms with E-state index in [2.05, 4.69) is 19.2 Å². The Bertz CT molecular complexity index is 471. The molecular formula is C15H21F3N2. The highest BCUT2D eigenvalue weighted by molar-refractivity contribution is 5.58. The number of rotatable bonds is 2. The van der Waals surface area contributed by atoms with Crippen molar-refractivity contribution in [3.8, 4) is 0 Å². The van der Waals surface area contributed by atoms with Crippen molar-refractivity contribution >= 4 is 11.4 Å². The van der Waals surface area contributed by atoms with Crippen LogP contribution in [0.15, 0.2) is 18.2 Å². The lowest BCUT2D eigenvalue weighted by molar-refractivity contribution is -0.136. The quantitative estimate of drug-likeness (QED) is 0.784. The monoisotopic (exact) mass is 286 g/mol. The third-order valence-electron chi connectivity index (χ3n) is 4.42. The number of nitrogens with one attached hydrogen (secondary N) is 1. The van der Waals surface area contributed by atoms with Crippen LogP contribution in [-0.2, 0) is 6.18 Å². The maximum absolute atomic E-state index is 12.8. The number of halogens is 3. The Labute approximate surface area is 117 Å². The molecule has 2 nitrogen and oxygen atoms in total. The zero-order valence-electron chi connectivity index (χ0n) is 11.8. The van der Waals surface area contributed by atoms with E-state index in [-0.39, 0.29) is 11.7 Å². The van der Waals surface area contributed by atoms with Crippen molar-refractivity contribution in [1.29, 1.82) is 0 Å². The van der Waals surface area contributed by atoms with Gasteiger partial charge in [-0.1, -0.05) is 26.7 Å². The highest BCUT2D eigenvalue weighted by Crippen LogP contribution is 2.36. The van der Waals surface area contributed by atoms with E-state index in [1.165, 1.54) is 12.5 Å². The van der Waals surface area contributed by atoms with Crippen LogP contribution < -0.4 is 11.1 Å². The van der Waals surface area contributed by atoms with Crippen molar-refractivity contribution in [2.24, 2.45) is 11.8 Å². The molecule has 0 aromatic heterocycles. The van der Waals surface area contributed by atoms with Crippen molar-refractivity contribution < 1.29 is 13.2 Å². The van der Waals surface area contributed by atoms with Crippen LogP contribution in [0.25, 0.3) is 0 Å². The first kappa shape index (κ1) is 15.0. The minimum atomic E-state index is -4.41. The highest BCUT2D eigenvalue weighted by atomic mass is 19.4. The molecule has 0 radical (unpaired) electrons. The molecule has 0 aliphatic heterocycles. The van der Waals surface area contributed by atoms with Gasteiger partial charge in [0.1, 0.15) is 0 Å². The molecule has 0 saturated heterocycles. The van der Waals surface area contributed by atoms with Crippen LogP contribution in [0.3, 0.4) is 0 Å². The SMILES string of the molecule is CC1CCCC(Nc2ccc(N)c(C(F)(F)F)c2)C1C. The molecular weight excluding hydrogens is 265 g/mol. The lowest BCUT2D eigenvalue weighted by Gasteiger charge is -2.35. The number of hydrogen-bond donors (Lipinski definition) is 2. The fraction of sp³-hybridized carbons (Fsp3) is 0.600. The molecule has 0 amide bonds. The van der Waals surface area contributed by atoms with Gasteiger partial charge in [0.25, 0.3) is 0 Å². The summed E-state index contributed by atoms with van der Waals surface area (Å²) in [4.78, 5) is 0. The van der Waals surface area contributed by atoms with Crippen LogP contribution in [0.2, 0.25) is 0 Å². The van der Waals surface area contributed by atoms with E-state index in [1.54, 1.807) is 6.07 Å². The molecule has 1 aromatic rings. The van der Waals surface area contributed by atoms with Gasteiger partial charge in [-0.15, -0.1) is 0 Å². The molecule has 3 N–H and O–H groups in total. The van der Waals surface area contributed by atoms with Crippen molar-refractivity contribution in [1.82, 2.24) is 0 Å². The van der Waals surface area contributed by atoms with Gasteiger partial charge in [-0.05, 0) is 36.5 Å². The highest BCUT2D eigenvalue weighted by Gasteiger charge is 2.33. The third-order valence-corrected chi connectivity index (χ3v) is 4.42. The Morgan fingerprint density at radius 2 is 1.90 bits per heavy atom. The third kappa shape index (κ3) is 3.19. The molecule has 5 heteroatoms. The second-order valence-electron chi connectivity index (χ2n) is 5.82. The number of hydrogen-bond acceptors (Lipinski definition) is 2. The summed E-state index contributed by atoms with van der Waals surface area (Å²) in [5, 5.41) is 3.25. The van der Waals surface area contributed by atoms with Gasteiger partial charge >= 0.3 is 6.18 Å². The largest absolute Gasteiger partial charge is 0.418 e. The van der Waals surface area contributed by atoms with Gasteiger partial charge in [-0.2, -0.15) is 13.2 Å². The minimum Gasteiger partial charge on any atom is -0.398 e. The van der Waals surface area contributed by atoms with E-state index < -0.39 is 11.7 Å². The van der Waals surface area contributed by atoms with E-state index in [0.717, 1.165) is 18.9 Å². The van der Waals surface area contributed by atoms with E-state index >= 15 is 0 Å². The van der Waals surface area contributed by atoms with Crippen LogP contribution in [0.5, 0.6) is 0 Å². The minimum absolute atomic E-state index is 0.225. The fourth-order valence-corrected chi connectivity index (χ4v) is 2.89. The van der Waals surface area contributed by atoms with Crippen LogP contribution in [-0.4, -0.2) is 6.04 Å². The molecule has 20 heavy (non-hydrogen) atoms. The lowest BCUT2D eigenvalue weighted by atomic mass is 9.78. The number of anilines is 2. The summed E-state index contributed by atoms with van der Waals surface area (Å²) in [7, 11) is 0. The number of nitrogens with two attached hydrogens (primary N) is 1. The fourth-order valence-electron chi connectivity index (χ4n) is 2.89. The molecule has 1 fully saturated rings. The van der Waals surface area contributed by atoms with Crippen LogP contribution in [0, 0.1) is 11.8 Å². The summed E-state index contributed by atoms with van der Waals surface area (Å²) in [6.07, 6.45) is -1.11. The molecule has 1 saturated carbocycles. The summed E-state index contributed by atoms with van der Waals surface area (Å²) in [6.45, 7) is 4.35. The van der Waals surface area contributed by atoms with Gasteiger partial charge in [0, 0.05) is 17.4 Å². The van der Waals surface area contributed by atoms with Gasteiger partial charge < -0.3 is 11.1 Å². The van der Waals surface area contributed by atoms with Crippen LogP contribution in [0.1, 0.15) is 38.7 Å². The Morgan fingerprint density at radius 1 is 1.20 bits per heavy atom. The van der Waals surface area contributed by atoms with E-state index in [0.29, 0.717) is 17.5 Å². The van der Waals surface area contributed by atoms with E-state index in [9.17, 15) is 13.2 Å². The van der Waals surface area contributed by atoms with Crippen molar-refractivity contribution in [2.45, 2.75) is 45.3 Å². The van der Waals surface area contributed by atoms with E-state index in [1.807, 2.05) is 0 Å². The summed E-state index contributed by atoms with van der Waals surface area (Å²) < 4.78 is 38.5. The summed E-state index contributed by atoms with van der Waals surface area (Å²) in [6, 6.07) is 4.28. The second kappa shape index (κ2) is 5.54. The first-order chi connectivity index (χ1) is 9.29. The van der Waals surface area contributed by atoms with Crippen molar-refractivity contribution in [2.75, 3.05) is 11.1 Å². The Morgan fingerprint density at radius 3 is 2.55 bits per heavy atom. The number of benzene rings is 1. The standard InChI is InChI=1S/C15H21F3N2/c1-9-4-3-5-14(10(9)2)20-11-6-7-13(19)12(8-11)15(16,17)18/h6-10,14,20H,3-5,19H2,1-2H3. The molecule has 2 rings (SSSR count). The van der Waals surface area contributed by atoms with Gasteiger partial charge in [0.15, 0.2) is 0 Å². The molecule has 0 spiro atoms. The lowest BCUT2D eigenvalue weighted by Crippen LogP contribution is -2.35. The predicted octanol–water partition coefficient (Wildman–Crippen LogP) is 4.52. The Hall–Kier alpha value is -1.39. The van der Waals surface area contributed by atoms with Gasteiger partial charge in [-0.3, -0.25) is 0 Å². The summed E-state index contributed by atoms with van der Waals surface area (Å²) >= 11 is 0. The van der Waals surface area contributed by atoms with Crippen molar-refractivity contribution in [3.05, 3.63) is 23.8 Å². The first-order valence-corrected chi connectivity index (χ1v) is 7.02. The zero-order valence-corrected chi connectivity index (χ0v) is 11.8. The Balaban J connectivity index is 2.18. The maximum Gasteiger partial charge on any atom is 0.418 e. The molecule has 1 aromatic carbocycles. The maximum atomic E-state index is 12.8. The molecule has 0 heterocycles. The smallest absolute Gasteiger partial charge is 0.398 e. The van der Waals surface area contributed by atoms with Crippen molar-refractivity contribution in [3.63, 3.8) is 0 Å². The van der Waals surface area contributed by atoms with Gasteiger partial charge in [0.05, 0.1) is 5.56 Å². The molecule has 1 aliphatic carbocycles. The molecule has 3 atom stereocenters. The topological polar surface area (TPSA) is 38.0 Å². The molecule has 3 unspecified atom stereocenters. The molecule has 112 valence electrons. The average molecular weight is 286 g/mol. The zero-order chi connectivity index (χ0) is 14.9. The van der Waals surface area contributed by atoms with Crippen LogP contribution in [0.4, 0.5) is 24.5 Å².